The third-order valence-corrected chi connectivity index (χ3v) is 13.5. The normalized spacial score (nSPS) is 12.4. The summed E-state index contributed by atoms with van der Waals surface area (Å²) in [5.74, 6) is -0.887. The van der Waals surface area contributed by atoms with E-state index in [9.17, 15) is 14.4 Å². The van der Waals surface area contributed by atoms with Crippen LogP contribution in [0.25, 0.3) is 0 Å². The van der Waals surface area contributed by atoms with Gasteiger partial charge in [0.15, 0.2) is 6.10 Å². The van der Waals surface area contributed by atoms with Crippen molar-refractivity contribution in [3.63, 3.8) is 0 Å². The van der Waals surface area contributed by atoms with Crippen LogP contribution < -0.4 is 0 Å². The molecule has 0 spiro atoms. The second-order valence-corrected chi connectivity index (χ2v) is 20.6. The molecule has 0 rings (SSSR count). The lowest BCUT2D eigenvalue weighted by molar-refractivity contribution is -0.167. The van der Waals surface area contributed by atoms with Gasteiger partial charge in [-0.25, -0.2) is 0 Å². The van der Waals surface area contributed by atoms with Gasteiger partial charge in [-0.2, -0.15) is 0 Å². The number of carbonyl (C=O) groups excluding carboxylic acids is 3. The molecular weight excluding hydrogens is 877 g/mol. The number of hydrogen-bond acceptors (Lipinski definition) is 6. The lowest BCUT2D eigenvalue weighted by atomic mass is 10.1. The van der Waals surface area contributed by atoms with Crippen molar-refractivity contribution < 1.29 is 28.6 Å². The minimum Gasteiger partial charge on any atom is -0.462 e. The van der Waals surface area contributed by atoms with E-state index in [1.165, 1.54) is 180 Å². The number of unbranched alkanes of at least 4 members (excludes halogenated alkanes) is 35. The zero-order chi connectivity index (χ0) is 51.4. The van der Waals surface area contributed by atoms with Gasteiger partial charge in [0.25, 0.3) is 0 Å². The van der Waals surface area contributed by atoms with Crippen LogP contribution in [0.2, 0.25) is 0 Å². The summed E-state index contributed by atoms with van der Waals surface area (Å²) < 4.78 is 16.9. The van der Waals surface area contributed by atoms with Crippen molar-refractivity contribution in [2.45, 2.75) is 322 Å². The first-order valence-electron chi connectivity index (χ1n) is 30.8. The molecular formula is C65H116O6. The molecule has 0 aliphatic carbocycles. The Labute approximate surface area is 440 Å². The molecule has 0 saturated heterocycles. The highest BCUT2D eigenvalue weighted by atomic mass is 16.6. The van der Waals surface area contributed by atoms with E-state index >= 15 is 0 Å². The SMILES string of the molecule is CC/C=C/C/C=C/C/C=C/CCCCCCCC(=O)OC[C@H](COC(=O)CCCCCCCCCCC/C=C/CCCCCCCC)OC(=O)CCCCCCCCCCC/C=C/CCCCCCCC. The van der Waals surface area contributed by atoms with Gasteiger partial charge in [-0.05, 0) is 103 Å². The predicted molar refractivity (Wildman–Crippen MR) is 307 cm³/mol. The predicted octanol–water partition coefficient (Wildman–Crippen LogP) is 20.8. The average molecular weight is 994 g/mol. The number of esters is 3. The molecule has 0 unspecified atom stereocenters. The smallest absolute Gasteiger partial charge is 0.306 e. The summed E-state index contributed by atoms with van der Waals surface area (Å²) in [4.78, 5) is 38.3. The van der Waals surface area contributed by atoms with Crippen LogP contribution in [0.3, 0.4) is 0 Å². The Balaban J connectivity index is 4.37. The van der Waals surface area contributed by atoms with Gasteiger partial charge in [0.1, 0.15) is 13.2 Å². The largest absolute Gasteiger partial charge is 0.462 e. The zero-order valence-electron chi connectivity index (χ0n) is 47.2. The van der Waals surface area contributed by atoms with Gasteiger partial charge in [-0.15, -0.1) is 0 Å². The van der Waals surface area contributed by atoms with Crippen molar-refractivity contribution in [3.05, 3.63) is 60.8 Å². The molecule has 0 amide bonds. The molecule has 0 bridgehead atoms. The molecule has 1 atom stereocenters. The quantitative estimate of drug-likeness (QED) is 0.0261. The molecule has 71 heavy (non-hydrogen) atoms. The van der Waals surface area contributed by atoms with Gasteiger partial charge in [0.05, 0.1) is 0 Å². The Hall–Kier alpha value is -2.89. The number of carbonyl (C=O) groups is 3. The molecule has 0 aromatic heterocycles. The fourth-order valence-corrected chi connectivity index (χ4v) is 8.86. The van der Waals surface area contributed by atoms with Crippen molar-refractivity contribution in [1.29, 1.82) is 0 Å². The first-order chi connectivity index (χ1) is 35.0. The summed E-state index contributed by atoms with van der Waals surface area (Å²) in [6, 6.07) is 0. The first kappa shape index (κ1) is 68.1. The molecule has 0 radical (unpaired) electrons. The Kier molecular flexibility index (Phi) is 57.2. The Morgan fingerprint density at radius 1 is 0.296 bits per heavy atom. The van der Waals surface area contributed by atoms with E-state index in [1.54, 1.807) is 0 Å². The summed E-state index contributed by atoms with van der Waals surface area (Å²) in [5, 5.41) is 0. The van der Waals surface area contributed by atoms with Crippen LogP contribution in [-0.4, -0.2) is 37.2 Å². The summed E-state index contributed by atoms with van der Waals surface area (Å²) in [5.41, 5.74) is 0. The number of ether oxygens (including phenoxy) is 3. The second-order valence-electron chi connectivity index (χ2n) is 20.6. The van der Waals surface area contributed by atoms with E-state index in [0.29, 0.717) is 19.3 Å². The minimum atomic E-state index is -0.784. The third kappa shape index (κ3) is 57.9. The third-order valence-electron chi connectivity index (χ3n) is 13.5. The van der Waals surface area contributed by atoms with Crippen molar-refractivity contribution >= 4 is 17.9 Å². The maximum absolute atomic E-state index is 12.9. The van der Waals surface area contributed by atoms with Crippen molar-refractivity contribution in [1.82, 2.24) is 0 Å². The number of hydrogen-bond donors (Lipinski definition) is 0. The van der Waals surface area contributed by atoms with Gasteiger partial charge < -0.3 is 14.2 Å². The highest BCUT2D eigenvalue weighted by Crippen LogP contribution is 2.16. The van der Waals surface area contributed by atoms with Crippen LogP contribution in [0.15, 0.2) is 60.8 Å². The molecule has 0 N–H and O–H groups in total. The van der Waals surface area contributed by atoms with Crippen molar-refractivity contribution in [3.8, 4) is 0 Å². The minimum absolute atomic E-state index is 0.0801. The zero-order valence-corrected chi connectivity index (χ0v) is 47.2. The molecule has 6 heteroatoms. The Morgan fingerprint density at radius 2 is 0.549 bits per heavy atom. The summed E-state index contributed by atoms with van der Waals surface area (Å²) in [6.07, 6.45) is 75.0. The molecule has 0 saturated carbocycles. The lowest BCUT2D eigenvalue weighted by Crippen LogP contribution is -2.30. The van der Waals surface area contributed by atoms with E-state index in [4.69, 9.17) is 14.2 Å². The van der Waals surface area contributed by atoms with Crippen LogP contribution >= 0.6 is 0 Å². The summed E-state index contributed by atoms with van der Waals surface area (Å²) in [7, 11) is 0. The second kappa shape index (κ2) is 59.7. The Morgan fingerprint density at radius 3 is 0.873 bits per heavy atom. The molecule has 412 valence electrons. The molecule has 6 nitrogen and oxygen atoms in total. The average Bonchev–Trinajstić information content (AvgIpc) is 3.37. The summed E-state index contributed by atoms with van der Waals surface area (Å²) in [6.45, 7) is 6.54. The van der Waals surface area contributed by atoms with Crippen LogP contribution in [0.1, 0.15) is 316 Å². The fourth-order valence-electron chi connectivity index (χ4n) is 8.86. The van der Waals surface area contributed by atoms with Gasteiger partial charge in [-0.3, -0.25) is 14.4 Å². The topological polar surface area (TPSA) is 78.9 Å². The standard InChI is InChI=1S/C65H116O6/c1-4-7-10-13-16-19-22-25-28-30-32-34-37-40-43-46-49-52-55-58-64(67)70-61-62(60-69-63(66)57-54-51-48-45-42-39-36-27-24-21-18-15-12-9-6-3)71-65(68)59-56-53-50-47-44-41-38-35-33-31-29-26-23-20-17-14-11-8-5-2/h9,12,18,21,25-29,36,62H,4-8,10-11,13-17,19-20,22-24,30-35,37-61H2,1-3H3/b12-9+,21-18+,28-25+,29-26+,36-27+/t62-/m1/s1. The van der Waals surface area contributed by atoms with Crippen molar-refractivity contribution in [2.24, 2.45) is 0 Å². The molecule has 0 aliphatic rings. The van der Waals surface area contributed by atoms with E-state index in [-0.39, 0.29) is 31.1 Å². The summed E-state index contributed by atoms with van der Waals surface area (Å²) >= 11 is 0. The lowest BCUT2D eigenvalue weighted by Gasteiger charge is -2.18. The van der Waals surface area contributed by atoms with Crippen LogP contribution in [-0.2, 0) is 28.6 Å². The Bertz CT molecular complexity index is 1280. The van der Waals surface area contributed by atoms with E-state index < -0.39 is 6.10 Å². The molecule has 0 fully saturated rings. The van der Waals surface area contributed by atoms with Gasteiger partial charge in [0, 0.05) is 19.3 Å². The molecule has 0 heterocycles. The van der Waals surface area contributed by atoms with E-state index in [2.05, 4.69) is 81.5 Å². The first-order valence-corrected chi connectivity index (χ1v) is 30.8. The molecule has 0 aromatic rings. The van der Waals surface area contributed by atoms with E-state index in [1.807, 2.05) is 0 Å². The fraction of sp³-hybridized carbons (Fsp3) is 0.800. The molecule has 0 aliphatic heterocycles. The maximum atomic E-state index is 12.9. The van der Waals surface area contributed by atoms with Crippen molar-refractivity contribution in [2.75, 3.05) is 13.2 Å². The number of allylic oxidation sites excluding steroid dienone is 10. The van der Waals surface area contributed by atoms with Crippen LogP contribution in [0.4, 0.5) is 0 Å². The highest BCUT2D eigenvalue weighted by molar-refractivity contribution is 5.71. The number of rotatable bonds is 56. The monoisotopic (exact) mass is 993 g/mol. The van der Waals surface area contributed by atoms with Crippen LogP contribution in [0, 0.1) is 0 Å². The highest BCUT2D eigenvalue weighted by Gasteiger charge is 2.19. The van der Waals surface area contributed by atoms with Crippen LogP contribution in [0.5, 0.6) is 0 Å². The van der Waals surface area contributed by atoms with Gasteiger partial charge in [-0.1, -0.05) is 255 Å². The molecule has 0 aromatic carbocycles. The maximum Gasteiger partial charge on any atom is 0.306 e. The van der Waals surface area contributed by atoms with E-state index in [0.717, 1.165) is 96.3 Å². The van der Waals surface area contributed by atoms with Gasteiger partial charge >= 0.3 is 17.9 Å². The van der Waals surface area contributed by atoms with Gasteiger partial charge in [0.2, 0.25) is 0 Å².